The van der Waals surface area contributed by atoms with Crippen LogP contribution in [0.5, 0.6) is 0 Å². The minimum absolute atomic E-state index is 0.0384. The molecule has 3 rings (SSSR count). The second kappa shape index (κ2) is 9.80. The van der Waals surface area contributed by atoms with Crippen molar-refractivity contribution in [2.45, 2.75) is 19.9 Å². The summed E-state index contributed by atoms with van der Waals surface area (Å²) in [4.78, 5) is 28.9. The zero-order chi connectivity index (χ0) is 20.8. The number of carbonyl (C=O) groups is 2. The number of amides is 2. The van der Waals surface area contributed by atoms with Crippen LogP contribution in [0, 0.1) is 5.82 Å². The SMILES string of the molecule is CCN(Cc1ccccc1)C(=O)CCN1C(=O)C(=Cc2ccccc2F)SC1=S. The Kier molecular flexibility index (Phi) is 7.17. The standard InChI is InChI=1S/C22H21FN2O2S2/c1-2-24(15-16-8-4-3-5-9-16)20(26)12-13-25-21(27)19(29-22(25)28)14-17-10-6-7-11-18(17)23/h3-11,14H,2,12-13,15H2,1H3. The van der Waals surface area contributed by atoms with Crippen LogP contribution in [-0.4, -0.2) is 39.0 Å². The number of thiocarbonyl (C=S) groups is 1. The molecule has 2 aromatic carbocycles. The molecule has 2 amide bonds. The summed E-state index contributed by atoms with van der Waals surface area (Å²) < 4.78 is 14.2. The van der Waals surface area contributed by atoms with Crippen molar-refractivity contribution in [3.63, 3.8) is 0 Å². The number of halogens is 1. The van der Waals surface area contributed by atoms with E-state index in [1.54, 1.807) is 23.1 Å². The first kappa shape index (κ1) is 21.2. The Bertz CT molecular complexity index is 947. The maximum atomic E-state index is 13.9. The largest absolute Gasteiger partial charge is 0.339 e. The van der Waals surface area contributed by atoms with Gasteiger partial charge in [-0.2, -0.15) is 0 Å². The van der Waals surface area contributed by atoms with Crippen molar-refractivity contribution in [3.8, 4) is 0 Å². The highest BCUT2D eigenvalue weighted by Crippen LogP contribution is 2.33. The number of nitrogens with zero attached hydrogens (tertiary/aromatic N) is 2. The van der Waals surface area contributed by atoms with Gasteiger partial charge in [-0.25, -0.2) is 4.39 Å². The zero-order valence-corrected chi connectivity index (χ0v) is 17.6. The summed E-state index contributed by atoms with van der Waals surface area (Å²) in [5.74, 6) is -0.724. The Morgan fingerprint density at radius 2 is 1.86 bits per heavy atom. The zero-order valence-electron chi connectivity index (χ0n) is 16.0. The van der Waals surface area contributed by atoms with Crippen LogP contribution in [0.4, 0.5) is 4.39 Å². The second-order valence-corrected chi connectivity index (χ2v) is 8.17. The van der Waals surface area contributed by atoms with E-state index < -0.39 is 5.82 Å². The number of thioether (sulfide) groups is 1. The average Bonchev–Trinajstić information content (AvgIpc) is 2.99. The lowest BCUT2D eigenvalue weighted by molar-refractivity contribution is -0.132. The van der Waals surface area contributed by atoms with Crippen molar-refractivity contribution in [3.05, 3.63) is 76.4 Å². The third-order valence-corrected chi connectivity index (χ3v) is 5.94. The normalized spacial score (nSPS) is 15.2. The minimum Gasteiger partial charge on any atom is -0.339 e. The molecule has 4 nitrogen and oxygen atoms in total. The average molecular weight is 429 g/mol. The summed E-state index contributed by atoms with van der Waals surface area (Å²) in [7, 11) is 0. The Balaban J connectivity index is 1.62. The van der Waals surface area contributed by atoms with Crippen LogP contribution in [0.15, 0.2) is 59.5 Å². The highest BCUT2D eigenvalue weighted by Gasteiger charge is 2.32. The van der Waals surface area contributed by atoms with Crippen molar-refractivity contribution in [2.75, 3.05) is 13.1 Å². The molecule has 150 valence electrons. The Morgan fingerprint density at radius 1 is 1.17 bits per heavy atom. The van der Waals surface area contributed by atoms with Gasteiger partial charge in [-0.05, 0) is 24.6 Å². The van der Waals surface area contributed by atoms with Crippen LogP contribution in [0.2, 0.25) is 0 Å². The second-order valence-electron chi connectivity index (χ2n) is 6.50. The first-order valence-corrected chi connectivity index (χ1v) is 10.5. The van der Waals surface area contributed by atoms with Gasteiger partial charge < -0.3 is 4.90 Å². The van der Waals surface area contributed by atoms with Crippen molar-refractivity contribution in [1.29, 1.82) is 0 Å². The molecule has 1 aliphatic rings. The summed E-state index contributed by atoms with van der Waals surface area (Å²) in [6, 6.07) is 16.0. The molecule has 1 fully saturated rings. The minimum atomic E-state index is -0.396. The first-order chi connectivity index (χ1) is 14.0. The van der Waals surface area contributed by atoms with Crippen LogP contribution in [0.1, 0.15) is 24.5 Å². The number of rotatable bonds is 7. The molecule has 1 aliphatic heterocycles. The number of carbonyl (C=O) groups excluding carboxylic acids is 2. The number of benzene rings is 2. The molecule has 0 unspecified atom stereocenters. The van der Waals surface area contributed by atoms with Crippen LogP contribution >= 0.6 is 24.0 Å². The fourth-order valence-corrected chi connectivity index (χ4v) is 4.27. The van der Waals surface area contributed by atoms with Gasteiger partial charge in [-0.15, -0.1) is 0 Å². The summed E-state index contributed by atoms with van der Waals surface area (Å²) >= 11 is 6.43. The third-order valence-electron chi connectivity index (χ3n) is 4.57. The van der Waals surface area contributed by atoms with Gasteiger partial charge in [0.05, 0.1) is 4.91 Å². The monoisotopic (exact) mass is 428 g/mol. The van der Waals surface area contributed by atoms with Crippen LogP contribution in [0.25, 0.3) is 6.08 Å². The van der Waals surface area contributed by atoms with Gasteiger partial charge in [-0.3, -0.25) is 14.5 Å². The highest BCUT2D eigenvalue weighted by atomic mass is 32.2. The molecule has 0 aliphatic carbocycles. The van der Waals surface area contributed by atoms with Gasteiger partial charge in [0, 0.05) is 31.6 Å². The van der Waals surface area contributed by atoms with Crippen molar-refractivity contribution in [1.82, 2.24) is 9.80 Å². The summed E-state index contributed by atoms with van der Waals surface area (Å²) in [5, 5.41) is 0. The molecule has 0 radical (unpaired) electrons. The van der Waals surface area contributed by atoms with Gasteiger partial charge in [0.1, 0.15) is 10.1 Å². The highest BCUT2D eigenvalue weighted by molar-refractivity contribution is 8.26. The van der Waals surface area contributed by atoms with Gasteiger partial charge in [0.2, 0.25) is 5.91 Å². The third kappa shape index (κ3) is 5.31. The number of hydrogen-bond donors (Lipinski definition) is 0. The first-order valence-electron chi connectivity index (χ1n) is 9.31. The molecule has 0 bridgehead atoms. The Labute approximate surface area is 179 Å². The van der Waals surface area contributed by atoms with Crippen molar-refractivity contribution < 1.29 is 14.0 Å². The van der Waals surface area contributed by atoms with E-state index in [4.69, 9.17) is 12.2 Å². The summed E-state index contributed by atoms with van der Waals surface area (Å²) in [5.41, 5.74) is 1.39. The maximum absolute atomic E-state index is 13.9. The smallest absolute Gasteiger partial charge is 0.266 e. The van der Waals surface area contributed by atoms with E-state index in [2.05, 4.69) is 0 Å². The topological polar surface area (TPSA) is 40.6 Å². The predicted molar refractivity (Wildman–Crippen MR) is 118 cm³/mol. The van der Waals surface area contributed by atoms with Gasteiger partial charge in [0.25, 0.3) is 5.91 Å². The van der Waals surface area contributed by atoms with Gasteiger partial charge >= 0.3 is 0 Å². The Hall–Kier alpha value is -2.51. The molecular weight excluding hydrogens is 407 g/mol. The van der Waals surface area contributed by atoms with E-state index in [1.807, 2.05) is 37.3 Å². The fourth-order valence-electron chi connectivity index (χ4n) is 2.97. The van der Waals surface area contributed by atoms with E-state index in [0.29, 0.717) is 27.9 Å². The molecule has 1 saturated heterocycles. The molecule has 0 spiro atoms. The Morgan fingerprint density at radius 3 is 2.55 bits per heavy atom. The molecule has 0 aromatic heterocycles. The lowest BCUT2D eigenvalue weighted by atomic mass is 10.2. The van der Waals surface area contributed by atoms with E-state index in [-0.39, 0.29) is 24.8 Å². The molecule has 29 heavy (non-hydrogen) atoms. The molecule has 1 heterocycles. The molecule has 0 N–H and O–H groups in total. The maximum Gasteiger partial charge on any atom is 0.266 e. The summed E-state index contributed by atoms with van der Waals surface area (Å²) in [6.45, 7) is 3.25. The van der Waals surface area contributed by atoms with Crippen LogP contribution in [0.3, 0.4) is 0 Å². The number of hydrogen-bond acceptors (Lipinski definition) is 4. The van der Waals surface area contributed by atoms with E-state index in [1.165, 1.54) is 17.0 Å². The molecule has 0 saturated carbocycles. The van der Waals surface area contributed by atoms with Crippen molar-refractivity contribution >= 4 is 46.2 Å². The lowest BCUT2D eigenvalue weighted by Crippen LogP contribution is -2.35. The van der Waals surface area contributed by atoms with Gasteiger partial charge in [-0.1, -0.05) is 72.5 Å². The van der Waals surface area contributed by atoms with E-state index >= 15 is 0 Å². The van der Waals surface area contributed by atoms with E-state index in [9.17, 15) is 14.0 Å². The van der Waals surface area contributed by atoms with Crippen LogP contribution < -0.4 is 0 Å². The predicted octanol–water partition coefficient (Wildman–Crippen LogP) is 4.47. The lowest BCUT2D eigenvalue weighted by Gasteiger charge is -2.22. The van der Waals surface area contributed by atoms with Gasteiger partial charge in [0.15, 0.2) is 0 Å². The van der Waals surface area contributed by atoms with Crippen molar-refractivity contribution in [2.24, 2.45) is 0 Å². The molecule has 7 heteroatoms. The quantitative estimate of drug-likeness (QED) is 0.482. The molecular formula is C22H21FN2O2S2. The fraction of sp³-hybridized carbons (Fsp3) is 0.227. The van der Waals surface area contributed by atoms with Crippen LogP contribution in [-0.2, 0) is 16.1 Å². The summed E-state index contributed by atoms with van der Waals surface area (Å²) in [6.07, 6.45) is 1.68. The molecule has 2 aromatic rings. The molecule has 0 atom stereocenters. The van der Waals surface area contributed by atoms with E-state index in [0.717, 1.165) is 17.3 Å².